The summed E-state index contributed by atoms with van der Waals surface area (Å²) in [4.78, 5) is 26.0. The topological polar surface area (TPSA) is 71.3 Å². The van der Waals surface area contributed by atoms with Gasteiger partial charge in [0.25, 0.3) is 11.5 Å². The van der Waals surface area contributed by atoms with Crippen molar-refractivity contribution in [2.75, 3.05) is 5.32 Å². The van der Waals surface area contributed by atoms with Gasteiger partial charge in [-0.1, -0.05) is 50.5 Å². The Bertz CT molecular complexity index is 1150. The predicted octanol–water partition coefficient (Wildman–Crippen LogP) is 5.56. The second-order valence-corrected chi connectivity index (χ2v) is 7.26. The molecule has 0 fully saturated rings. The Morgan fingerprint density at radius 1 is 1.03 bits per heavy atom. The third-order valence-electron chi connectivity index (χ3n) is 5.09. The molecule has 0 atom stereocenters. The molecule has 0 saturated heterocycles. The molecule has 1 aromatic heterocycles. The van der Waals surface area contributed by atoms with Crippen molar-refractivity contribution < 1.29 is 23.1 Å². The fourth-order valence-electron chi connectivity index (χ4n) is 3.54. The maximum absolute atomic E-state index is 13.3. The lowest BCUT2D eigenvalue weighted by Crippen LogP contribution is -2.30. The van der Waals surface area contributed by atoms with Gasteiger partial charge in [-0.3, -0.25) is 9.59 Å². The second-order valence-electron chi connectivity index (χ2n) is 7.26. The number of rotatable bonds is 7. The number of carbonyl (C=O) groups excluding carboxylic acids is 1. The van der Waals surface area contributed by atoms with E-state index in [-0.39, 0.29) is 5.39 Å². The zero-order chi connectivity index (χ0) is 22.6. The summed E-state index contributed by atoms with van der Waals surface area (Å²) in [5, 5.41) is 13.1. The molecule has 0 unspecified atom stereocenters. The highest BCUT2D eigenvalue weighted by Crippen LogP contribution is 2.35. The van der Waals surface area contributed by atoms with Gasteiger partial charge in [-0.2, -0.15) is 13.2 Å². The van der Waals surface area contributed by atoms with Crippen LogP contribution in [0.2, 0.25) is 0 Å². The quantitative estimate of drug-likeness (QED) is 0.480. The number of nitrogens with zero attached hydrogens (tertiary/aromatic N) is 1. The normalized spacial score (nSPS) is 11.6. The van der Waals surface area contributed by atoms with Crippen LogP contribution >= 0.6 is 0 Å². The van der Waals surface area contributed by atoms with Crippen LogP contribution in [0.1, 0.15) is 48.5 Å². The zero-order valence-corrected chi connectivity index (χ0v) is 17.0. The number of benzene rings is 2. The Kier molecular flexibility index (Phi) is 6.68. The number of para-hydroxylation sites is 2. The molecule has 1 heterocycles. The SMILES string of the molecule is CCCCCCn1c(=O)c(C(=O)Nc2ccccc2C(F)(F)F)c(O)c2ccccc21. The molecule has 3 rings (SSSR count). The van der Waals surface area contributed by atoms with Crippen molar-refractivity contribution in [3.05, 3.63) is 70.0 Å². The molecule has 0 bridgehead atoms. The van der Waals surface area contributed by atoms with Crippen LogP contribution in [-0.4, -0.2) is 15.6 Å². The molecule has 0 aliphatic carbocycles. The van der Waals surface area contributed by atoms with E-state index in [2.05, 4.69) is 12.2 Å². The first-order valence-corrected chi connectivity index (χ1v) is 10.1. The second kappa shape index (κ2) is 9.24. The third-order valence-corrected chi connectivity index (χ3v) is 5.09. The summed E-state index contributed by atoms with van der Waals surface area (Å²) in [5.74, 6) is -1.64. The molecule has 0 aliphatic heterocycles. The summed E-state index contributed by atoms with van der Waals surface area (Å²) in [6.45, 7) is 2.39. The highest BCUT2D eigenvalue weighted by atomic mass is 19.4. The first-order chi connectivity index (χ1) is 14.8. The number of carbonyl (C=O) groups is 1. The lowest BCUT2D eigenvalue weighted by atomic mass is 10.1. The summed E-state index contributed by atoms with van der Waals surface area (Å²) in [6.07, 6.45) is -1.10. The summed E-state index contributed by atoms with van der Waals surface area (Å²) < 4.78 is 41.2. The van der Waals surface area contributed by atoms with Crippen LogP contribution in [-0.2, 0) is 12.7 Å². The number of aromatic nitrogens is 1. The monoisotopic (exact) mass is 432 g/mol. The van der Waals surface area contributed by atoms with E-state index in [1.165, 1.54) is 16.7 Å². The van der Waals surface area contributed by atoms with Crippen molar-refractivity contribution >= 4 is 22.5 Å². The molecule has 8 heteroatoms. The molecule has 0 spiro atoms. The average Bonchev–Trinajstić information content (AvgIpc) is 2.73. The molecule has 3 aromatic rings. The number of hydrogen-bond donors (Lipinski definition) is 2. The summed E-state index contributed by atoms with van der Waals surface area (Å²) >= 11 is 0. The number of anilines is 1. The van der Waals surface area contributed by atoms with Gasteiger partial charge in [0.1, 0.15) is 11.3 Å². The van der Waals surface area contributed by atoms with Crippen LogP contribution in [0.5, 0.6) is 5.75 Å². The molecule has 2 aromatic carbocycles. The minimum absolute atomic E-state index is 0.284. The van der Waals surface area contributed by atoms with E-state index >= 15 is 0 Å². The number of unbranched alkanes of at least 4 members (excludes halogenated alkanes) is 3. The smallest absolute Gasteiger partial charge is 0.418 e. The summed E-state index contributed by atoms with van der Waals surface area (Å²) in [6, 6.07) is 11.1. The molecular formula is C23H23F3N2O3. The summed E-state index contributed by atoms with van der Waals surface area (Å²) in [7, 11) is 0. The maximum atomic E-state index is 13.3. The largest absolute Gasteiger partial charge is 0.506 e. The van der Waals surface area contributed by atoms with Crippen LogP contribution in [0.15, 0.2) is 53.3 Å². The fraction of sp³-hybridized carbons (Fsp3) is 0.304. The molecule has 31 heavy (non-hydrogen) atoms. The number of amides is 1. The van der Waals surface area contributed by atoms with Crippen LogP contribution in [0, 0.1) is 0 Å². The van der Waals surface area contributed by atoms with Gasteiger partial charge >= 0.3 is 6.18 Å². The molecule has 0 radical (unpaired) electrons. The van der Waals surface area contributed by atoms with Crippen molar-refractivity contribution in [2.45, 2.75) is 45.3 Å². The lowest BCUT2D eigenvalue weighted by molar-refractivity contribution is -0.136. The predicted molar refractivity (Wildman–Crippen MR) is 113 cm³/mol. The Balaban J connectivity index is 2.06. The lowest BCUT2D eigenvalue weighted by Gasteiger charge is -2.16. The van der Waals surface area contributed by atoms with Crippen LogP contribution in [0.3, 0.4) is 0 Å². The van der Waals surface area contributed by atoms with Crippen LogP contribution < -0.4 is 10.9 Å². The fourth-order valence-corrected chi connectivity index (χ4v) is 3.54. The van der Waals surface area contributed by atoms with E-state index in [1.807, 2.05) is 0 Å². The maximum Gasteiger partial charge on any atom is 0.418 e. The van der Waals surface area contributed by atoms with Gasteiger partial charge in [0.05, 0.1) is 16.8 Å². The Morgan fingerprint density at radius 2 is 1.71 bits per heavy atom. The first kappa shape index (κ1) is 22.4. The van der Waals surface area contributed by atoms with Crippen molar-refractivity contribution in [1.29, 1.82) is 0 Å². The Morgan fingerprint density at radius 3 is 2.42 bits per heavy atom. The van der Waals surface area contributed by atoms with E-state index in [9.17, 15) is 27.9 Å². The van der Waals surface area contributed by atoms with Crippen molar-refractivity contribution in [3.63, 3.8) is 0 Å². The minimum atomic E-state index is -4.69. The number of alkyl halides is 3. The van der Waals surface area contributed by atoms with Gasteiger partial charge in [-0.05, 0) is 30.7 Å². The molecule has 164 valence electrons. The van der Waals surface area contributed by atoms with E-state index in [4.69, 9.17) is 0 Å². The number of halogens is 3. The molecule has 2 N–H and O–H groups in total. The van der Waals surface area contributed by atoms with E-state index in [0.717, 1.165) is 31.4 Å². The average molecular weight is 432 g/mol. The zero-order valence-electron chi connectivity index (χ0n) is 17.0. The highest BCUT2D eigenvalue weighted by molar-refractivity contribution is 6.09. The minimum Gasteiger partial charge on any atom is -0.506 e. The van der Waals surface area contributed by atoms with E-state index in [0.29, 0.717) is 18.5 Å². The van der Waals surface area contributed by atoms with Gasteiger partial charge in [0.2, 0.25) is 0 Å². The standard InChI is InChI=1S/C23H23F3N2O3/c1-2-3-4-9-14-28-18-13-8-5-10-15(18)20(29)19(22(28)31)21(30)27-17-12-7-6-11-16(17)23(24,25)26/h5-8,10-13,29H,2-4,9,14H2,1H3,(H,27,30). The number of pyridine rings is 1. The number of aromatic hydroxyl groups is 1. The summed E-state index contributed by atoms with van der Waals surface area (Å²) in [5.41, 5.74) is -2.38. The van der Waals surface area contributed by atoms with E-state index < -0.39 is 40.2 Å². The van der Waals surface area contributed by atoms with Gasteiger partial charge in [-0.25, -0.2) is 0 Å². The number of aryl methyl sites for hydroxylation is 1. The van der Waals surface area contributed by atoms with Gasteiger partial charge in [0.15, 0.2) is 0 Å². The Hall–Kier alpha value is -3.29. The van der Waals surface area contributed by atoms with Gasteiger partial charge in [-0.15, -0.1) is 0 Å². The number of hydrogen-bond acceptors (Lipinski definition) is 3. The molecule has 0 aliphatic rings. The molecular weight excluding hydrogens is 409 g/mol. The van der Waals surface area contributed by atoms with Crippen molar-refractivity contribution in [1.82, 2.24) is 4.57 Å². The van der Waals surface area contributed by atoms with Crippen molar-refractivity contribution in [3.8, 4) is 5.75 Å². The van der Waals surface area contributed by atoms with Crippen molar-refractivity contribution in [2.24, 2.45) is 0 Å². The third kappa shape index (κ3) is 4.73. The van der Waals surface area contributed by atoms with E-state index in [1.54, 1.807) is 24.3 Å². The van der Waals surface area contributed by atoms with Gasteiger partial charge < -0.3 is 15.0 Å². The molecule has 0 saturated carbocycles. The molecule has 1 amide bonds. The van der Waals surface area contributed by atoms with Gasteiger partial charge in [0, 0.05) is 11.9 Å². The number of fused-ring (bicyclic) bond motifs is 1. The highest BCUT2D eigenvalue weighted by Gasteiger charge is 2.34. The molecule has 5 nitrogen and oxygen atoms in total. The number of nitrogens with one attached hydrogen (secondary N) is 1. The first-order valence-electron chi connectivity index (χ1n) is 10.1. The Labute approximate surface area is 177 Å². The van der Waals surface area contributed by atoms with Crippen LogP contribution in [0.4, 0.5) is 18.9 Å². The van der Waals surface area contributed by atoms with Crippen LogP contribution in [0.25, 0.3) is 10.9 Å².